The average Bonchev–Trinajstić information content (AvgIpc) is 1.62. The fourth-order valence-corrected chi connectivity index (χ4v) is 17.7. The molecule has 10 heterocycles. The Labute approximate surface area is 763 Å². The second-order valence-corrected chi connectivity index (χ2v) is 33.1. The predicted molar refractivity (Wildman–Crippen MR) is 541 cm³/mol. The smallest absolute Gasteiger partial charge is 0.119 e. The van der Waals surface area contributed by atoms with Crippen LogP contribution in [0.2, 0.25) is 0 Å². The summed E-state index contributed by atoms with van der Waals surface area (Å²) in [4.78, 5) is 37.3. The number of rotatable bonds is 32. The summed E-state index contributed by atoms with van der Waals surface area (Å²) < 4.78 is 24.8. The van der Waals surface area contributed by atoms with E-state index in [0.717, 1.165) is 242 Å². The van der Waals surface area contributed by atoms with E-state index in [1.54, 1.807) is 0 Å². The molecule has 0 unspecified atom stereocenters. The number of H-pyrrole nitrogens is 4. The van der Waals surface area contributed by atoms with Gasteiger partial charge in [0.05, 0.1) is 58.8 Å². The Morgan fingerprint density at radius 3 is 0.679 bits per heavy atom. The molecule has 0 spiro atoms. The molecule has 0 radical (unpaired) electrons. The highest BCUT2D eigenvalue weighted by Crippen LogP contribution is 2.43. The third-order valence-corrected chi connectivity index (χ3v) is 24.3. The first-order valence-corrected chi connectivity index (χ1v) is 45.4. The van der Waals surface area contributed by atoms with Gasteiger partial charge >= 0.3 is 0 Å². The number of aromatic amines is 4. The van der Waals surface area contributed by atoms with Crippen molar-refractivity contribution in [1.82, 2.24) is 45.2 Å². The van der Waals surface area contributed by atoms with Crippen LogP contribution in [0.3, 0.4) is 0 Å². The highest BCUT2D eigenvalue weighted by atomic mass is 16.5. The Bertz CT molecular complexity index is 6790. The van der Waals surface area contributed by atoms with Gasteiger partial charge in [-0.15, -0.1) is 0 Å². The van der Waals surface area contributed by atoms with Crippen LogP contribution >= 0.6 is 0 Å². The highest BCUT2D eigenvalue weighted by molar-refractivity contribution is 6.03. The molecular weight excluding hydrogens is 1610 g/mol. The first kappa shape index (κ1) is 83.6. The van der Waals surface area contributed by atoms with E-state index < -0.39 is 0 Å². The third kappa shape index (κ3) is 19.5. The Hall–Kier alpha value is -15.6. The van der Waals surface area contributed by atoms with Crippen molar-refractivity contribution in [3.8, 4) is 101 Å². The molecule has 4 aliphatic heterocycles. The highest BCUT2D eigenvalue weighted by Gasteiger charge is 2.23. The van der Waals surface area contributed by atoms with Gasteiger partial charge in [0.2, 0.25) is 0 Å². The van der Waals surface area contributed by atoms with Gasteiger partial charge in [0.1, 0.15) is 24.7 Å². The molecule has 0 saturated heterocycles. The van der Waals surface area contributed by atoms with Gasteiger partial charge in [-0.1, -0.05) is 279 Å². The summed E-state index contributed by atoms with van der Waals surface area (Å²) in [5, 5.41) is 3.62. The zero-order valence-corrected chi connectivity index (χ0v) is 72.9. The van der Waals surface area contributed by atoms with Crippen molar-refractivity contribution in [2.24, 2.45) is 0 Å². The predicted octanol–water partition coefficient (Wildman–Crippen LogP) is 28.9. The monoisotopic (exact) mass is 1710 g/mol. The van der Waals surface area contributed by atoms with Gasteiger partial charge in [0.25, 0.3) is 0 Å². The molecule has 640 valence electrons. The van der Waals surface area contributed by atoms with E-state index in [1.165, 1.54) is 22.3 Å². The molecule has 20 rings (SSSR count). The molecule has 131 heavy (non-hydrogen) atoms. The number of hydrogen-bond donors (Lipinski definition) is 5. The lowest BCUT2D eigenvalue weighted by atomic mass is 10.0. The van der Waals surface area contributed by atoms with Gasteiger partial charge in [0.15, 0.2) is 0 Å². The first-order valence-electron chi connectivity index (χ1n) is 45.4. The SMILES string of the molecule is C1=Cc2nc1c(-c1ccccc1)c1ccc([nH]1)c(-c1ccccc1)c1nc(c(-c3ccc(OC/C=C/CCCCOCc4ccc(CNCc5ccc(COCCCC/C=C/COc6ccc(-c7c8nc(c(-c9ccccc9)c9ccc([nH]9)c(-c9ccccc9)c9nc(c(-c%10ccccc%10)c%10ccc7[nH]%10)C=C9)C=C8)cc6)cc5)cc4)cc3)c3ccc([nH]3)c2-c2ccccc2)C=C1. The van der Waals surface area contributed by atoms with Crippen molar-refractivity contribution >= 4 is 92.7 Å². The first-order chi connectivity index (χ1) is 64.9. The molecule has 16 aromatic rings. The topological polar surface area (TPSA) is 164 Å². The maximum absolute atomic E-state index is 6.30. The number of nitrogens with one attached hydrogen (secondary N) is 5. The maximum atomic E-state index is 6.30. The summed E-state index contributed by atoms with van der Waals surface area (Å²) >= 11 is 0. The molecule has 0 atom stereocenters. The summed E-state index contributed by atoms with van der Waals surface area (Å²) in [6, 6.07) is 115. The van der Waals surface area contributed by atoms with Crippen LogP contribution < -0.4 is 14.8 Å². The standard InChI is InChI=1S/C118H99N9O4/c1(5-27-75-130-93-53-49-91(50-54-93)117-107-69-65-103(124-107)113(87-33-17-9-18-34-87)99-61-57-95(120-99)111(85-29-13-7-14-30-85)96-58-62-100(121-96)114(88-35-19-10-20-36-88)104-66-70-108(117)125-104)3-25-73-128-79-83-45-41-81(42-46-83)77-119-78-82-43-47-84(48-44-82)80-129-74-26-4-2-6-28-76-131-94-55-51-92(52-56-94)118-109-71-67-105(126-109)115(89-37-21-11-22-38-89)101-63-59-97(122-101)112(86-31-15-8-16-32-86)98-60-64-102(123-98)116(90-39-23-12-24-40-90)106-68-72-110(118)127-106/h5-24,27-72,119-120,122,125,127H,1-4,25-26,73-80H2/b27-5+,28-6+,111-95?,111-96?,112-97?,112-98?,113-99?,113-103?,114-100?,114-104?,115-101?,115-105?,116-102?,116-106?,117-107?,117-108?,118-109?,118-110?. The van der Waals surface area contributed by atoms with Crippen LogP contribution in [0.5, 0.6) is 11.5 Å². The Balaban J connectivity index is 0.393. The van der Waals surface area contributed by atoms with E-state index in [0.29, 0.717) is 39.6 Å². The number of unbranched alkanes of at least 4 members (excludes halogenated alkanes) is 4. The summed E-state index contributed by atoms with van der Waals surface area (Å²) in [6.07, 6.45) is 31.7. The minimum absolute atomic E-state index is 0.476. The van der Waals surface area contributed by atoms with Crippen molar-refractivity contribution in [2.75, 3.05) is 26.4 Å². The number of nitrogens with zero attached hydrogens (tertiary/aromatic N) is 4. The molecule has 0 saturated carbocycles. The van der Waals surface area contributed by atoms with E-state index >= 15 is 0 Å². The summed E-state index contributed by atoms with van der Waals surface area (Å²) in [7, 11) is 0. The normalized spacial score (nSPS) is 12.2. The van der Waals surface area contributed by atoms with Crippen LogP contribution in [0.4, 0.5) is 0 Å². The fraction of sp³-hybridized carbons (Fsp3) is 0.119. The minimum atomic E-state index is 0.476. The molecule has 10 aromatic carbocycles. The van der Waals surface area contributed by atoms with Crippen LogP contribution in [-0.2, 0) is 35.8 Å². The molecule has 4 aliphatic rings. The molecule has 0 fully saturated rings. The zero-order valence-electron chi connectivity index (χ0n) is 72.9. The van der Waals surface area contributed by atoms with Gasteiger partial charge in [-0.25, -0.2) is 19.9 Å². The summed E-state index contributed by atoms with van der Waals surface area (Å²) in [6.45, 7) is 5.15. The van der Waals surface area contributed by atoms with Crippen LogP contribution in [-0.4, -0.2) is 66.3 Å². The van der Waals surface area contributed by atoms with Gasteiger partial charge in [-0.3, -0.25) is 0 Å². The van der Waals surface area contributed by atoms with Gasteiger partial charge in [-0.05, 0) is 227 Å². The maximum Gasteiger partial charge on any atom is 0.119 e. The largest absolute Gasteiger partial charge is 0.490 e. The van der Waals surface area contributed by atoms with Gasteiger partial charge in [-0.2, -0.15) is 0 Å². The van der Waals surface area contributed by atoms with E-state index in [-0.39, 0.29) is 0 Å². The molecular formula is C118H99N9O4. The van der Waals surface area contributed by atoms with Crippen molar-refractivity contribution < 1.29 is 18.9 Å². The Kier molecular flexibility index (Phi) is 25.6. The zero-order chi connectivity index (χ0) is 87.7. The van der Waals surface area contributed by atoms with Crippen LogP contribution in [0.1, 0.15) is 106 Å². The third-order valence-electron chi connectivity index (χ3n) is 24.3. The van der Waals surface area contributed by atoms with Crippen LogP contribution in [0, 0.1) is 0 Å². The molecule has 5 N–H and O–H groups in total. The molecule has 13 heteroatoms. The second kappa shape index (κ2) is 40.1. The lowest BCUT2D eigenvalue weighted by molar-refractivity contribution is 0.117. The number of hydrogen-bond acceptors (Lipinski definition) is 9. The van der Waals surface area contributed by atoms with E-state index in [4.69, 9.17) is 38.9 Å². The van der Waals surface area contributed by atoms with Gasteiger partial charge in [0, 0.05) is 115 Å². The second-order valence-electron chi connectivity index (χ2n) is 33.1. The number of ether oxygens (including phenoxy) is 4. The number of benzene rings is 10. The molecule has 6 aromatic heterocycles. The molecule has 13 nitrogen and oxygen atoms in total. The fourth-order valence-electron chi connectivity index (χ4n) is 17.7. The van der Waals surface area contributed by atoms with Gasteiger partial charge < -0.3 is 44.2 Å². The van der Waals surface area contributed by atoms with E-state index in [1.807, 2.05) is 0 Å². The number of fused-ring (bicyclic) bond motifs is 16. The summed E-state index contributed by atoms with van der Waals surface area (Å²) in [5.74, 6) is 1.59. The summed E-state index contributed by atoms with van der Waals surface area (Å²) in [5.41, 5.74) is 36.0. The Morgan fingerprint density at radius 1 is 0.221 bits per heavy atom. The Morgan fingerprint density at radius 2 is 0.443 bits per heavy atom. The lowest BCUT2D eigenvalue weighted by Gasteiger charge is -2.09. The van der Waals surface area contributed by atoms with E-state index in [9.17, 15) is 0 Å². The van der Waals surface area contributed by atoms with Crippen molar-refractivity contribution in [3.63, 3.8) is 0 Å². The molecule has 16 bridgehead atoms. The van der Waals surface area contributed by atoms with Crippen molar-refractivity contribution in [2.45, 2.75) is 64.8 Å². The van der Waals surface area contributed by atoms with Crippen molar-refractivity contribution in [1.29, 1.82) is 0 Å². The van der Waals surface area contributed by atoms with Crippen LogP contribution in [0.15, 0.2) is 352 Å². The lowest BCUT2D eigenvalue weighted by Crippen LogP contribution is -2.12. The van der Waals surface area contributed by atoms with Crippen molar-refractivity contribution in [3.05, 3.63) is 420 Å². The number of allylic oxidation sites excluding steroid dienone is 2. The molecule has 0 amide bonds. The molecule has 0 aliphatic carbocycles. The quantitative estimate of drug-likeness (QED) is 0.0204. The van der Waals surface area contributed by atoms with Crippen LogP contribution in [0.25, 0.3) is 182 Å². The number of aromatic nitrogens is 8. The van der Waals surface area contributed by atoms with E-state index in [2.05, 4.69) is 426 Å². The minimum Gasteiger partial charge on any atom is -0.490 e. The average molecular weight is 1710 g/mol.